The number of aromatic carboxylic acids is 1. The van der Waals surface area contributed by atoms with Crippen molar-refractivity contribution in [2.24, 2.45) is 0 Å². The Morgan fingerprint density at radius 2 is 1.73 bits per heavy atom. The van der Waals surface area contributed by atoms with Crippen molar-refractivity contribution in [1.82, 2.24) is 0 Å². The lowest BCUT2D eigenvalue weighted by atomic mass is 9.77. The third-order valence-corrected chi connectivity index (χ3v) is 4.27. The Balaban J connectivity index is 2.36. The highest BCUT2D eigenvalue weighted by Gasteiger charge is 2.52. The average Bonchev–Trinajstić information content (AvgIpc) is 2.64. The lowest BCUT2D eigenvalue weighted by molar-refractivity contribution is 0.00578. The quantitative estimate of drug-likeness (QED) is 0.835. The number of carboxylic acid groups (broad SMARTS) is 1. The van der Waals surface area contributed by atoms with Crippen molar-refractivity contribution in [2.45, 2.75) is 38.9 Å². The molecule has 1 aliphatic rings. The third kappa shape index (κ3) is 3.09. The van der Waals surface area contributed by atoms with Gasteiger partial charge in [0.1, 0.15) is 0 Å². The summed E-state index contributed by atoms with van der Waals surface area (Å²) in [5.74, 6) is -1.02. The van der Waals surface area contributed by atoms with Crippen LogP contribution in [0.5, 0.6) is 0 Å². The lowest BCUT2D eigenvalue weighted by Crippen LogP contribution is -2.41. The Labute approximate surface area is 130 Å². The number of carbonyl (C=O) groups is 1. The van der Waals surface area contributed by atoms with E-state index in [0.29, 0.717) is 11.0 Å². The van der Waals surface area contributed by atoms with E-state index in [9.17, 15) is 15.0 Å². The zero-order chi connectivity index (χ0) is 16.5. The second-order valence-corrected chi connectivity index (χ2v) is 6.36. The Morgan fingerprint density at radius 3 is 2.23 bits per heavy atom. The largest absolute Gasteiger partial charge is 0.492 e. The van der Waals surface area contributed by atoms with Crippen LogP contribution < -0.4 is 0 Å². The van der Waals surface area contributed by atoms with Gasteiger partial charge in [-0.05, 0) is 44.8 Å². The number of benzene rings is 1. The maximum Gasteiger partial charge on any atom is 0.492 e. The topological polar surface area (TPSA) is 76.0 Å². The van der Waals surface area contributed by atoms with Crippen LogP contribution in [-0.4, -0.2) is 41.1 Å². The fourth-order valence-electron chi connectivity index (χ4n) is 2.20. The van der Waals surface area contributed by atoms with Gasteiger partial charge < -0.3 is 19.5 Å². The van der Waals surface area contributed by atoms with E-state index in [1.807, 2.05) is 27.7 Å². The molecule has 0 aromatic heterocycles. The summed E-state index contributed by atoms with van der Waals surface area (Å²) in [7, 11) is -0.697. The SMILES string of the molecule is CC1(C)OB(C(=Cc2ccccc2C(=O)O)CO)OC1(C)C. The molecule has 1 aliphatic heterocycles. The molecule has 2 N–H and O–H groups in total. The maximum atomic E-state index is 11.3. The van der Waals surface area contributed by atoms with Gasteiger partial charge in [-0.25, -0.2) is 4.79 Å². The molecule has 0 spiro atoms. The van der Waals surface area contributed by atoms with Crippen molar-refractivity contribution < 1.29 is 24.3 Å². The summed E-state index contributed by atoms with van der Waals surface area (Å²) >= 11 is 0. The Bertz CT molecular complexity index is 590. The summed E-state index contributed by atoms with van der Waals surface area (Å²) in [6.45, 7) is 7.42. The van der Waals surface area contributed by atoms with Gasteiger partial charge in [0.15, 0.2) is 0 Å². The van der Waals surface area contributed by atoms with Gasteiger partial charge >= 0.3 is 13.1 Å². The van der Waals surface area contributed by atoms with E-state index < -0.39 is 24.3 Å². The number of hydrogen-bond acceptors (Lipinski definition) is 4. The zero-order valence-corrected chi connectivity index (χ0v) is 13.3. The van der Waals surface area contributed by atoms with Gasteiger partial charge in [0, 0.05) is 0 Å². The Hall–Kier alpha value is -1.63. The van der Waals surface area contributed by atoms with Gasteiger partial charge in [0.2, 0.25) is 0 Å². The first-order chi connectivity index (χ1) is 10.2. The molecule has 0 atom stereocenters. The van der Waals surface area contributed by atoms with E-state index in [-0.39, 0.29) is 12.2 Å². The van der Waals surface area contributed by atoms with E-state index in [1.54, 1.807) is 24.3 Å². The molecule has 5 nitrogen and oxygen atoms in total. The molecule has 1 aromatic carbocycles. The molecule has 22 heavy (non-hydrogen) atoms. The van der Waals surface area contributed by atoms with Crippen LogP contribution in [0.4, 0.5) is 0 Å². The predicted molar refractivity (Wildman–Crippen MR) is 84.5 cm³/mol. The highest BCUT2D eigenvalue weighted by molar-refractivity contribution is 6.55. The van der Waals surface area contributed by atoms with Gasteiger partial charge in [-0.1, -0.05) is 24.3 Å². The van der Waals surface area contributed by atoms with E-state index in [4.69, 9.17) is 9.31 Å². The van der Waals surface area contributed by atoms with Gasteiger partial charge in [-0.15, -0.1) is 0 Å². The van der Waals surface area contributed by atoms with Crippen molar-refractivity contribution in [2.75, 3.05) is 6.61 Å². The molecule has 1 heterocycles. The van der Waals surface area contributed by atoms with Crippen LogP contribution in [0.3, 0.4) is 0 Å². The molecular formula is C16H21BO5. The second kappa shape index (κ2) is 5.87. The van der Waals surface area contributed by atoms with Gasteiger partial charge in [-0.3, -0.25) is 0 Å². The molecule has 118 valence electrons. The standard InChI is InChI=1S/C16H21BO5/c1-15(2)16(3,4)22-17(21-15)12(10-18)9-11-7-5-6-8-13(11)14(19)20/h5-9,18H,10H2,1-4H3,(H,19,20). The predicted octanol–water partition coefficient (Wildman–Crippen LogP) is 2.39. The normalized spacial score (nSPS) is 20.2. The molecule has 0 radical (unpaired) electrons. The number of hydrogen-bond donors (Lipinski definition) is 2. The van der Waals surface area contributed by atoms with Crippen molar-refractivity contribution in [1.29, 1.82) is 0 Å². The highest BCUT2D eigenvalue weighted by Crippen LogP contribution is 2.38. The van der Waals surface area contributed by atoms with E-state index in [0.717, 1.165) is 0 Å². The fraction of sp³-hybridized carbons (Fsp3) is 0.438. The van der Waals surface area contributed by atoms with Crippen LogP contribution in [0.25, 0.3) is 6.08 Å². The van der Waals surface area contributed by atoms with Crippen LogP contribution in [0.1, 0.15) is 43.6 Å². The molecule has 0 aliphatic carbocycles. The van der Waals surface area contributed by atoms with Crippen LogP contribution >= 0.6 is 0 Å². The smallest absolute Gasteiger partial charge is 0.478 e. The second-order valence-electron chi connectivity index (χ2n) is 6.36. The molecule has 1 aromatic rings. The zero-order valence-electron chi connectivity index (χ0n) is 13.3. The van der Waals surface area contributed by atoms with E-state index >= 15 is 0 Å². The maximum absolute atomic E-state index is 11.3. The summed E-state index contributed by atoms with van der Waals surface area (Å²) < 4.78 is 11.8. The van der Waals surface area contributed by atoms with E-state index in [2.05, 4.69) is 0 Å². The van der Waals surface area contributed by atoms with Crippen LogP contribution in [0, 0.1) is 0 Å². The number of rotatable bonds is 4. The van der Waals surface area contributed by atoms with Crippen molar-refractivity contribution in [3.05, 3.63) is 40.9 Å². The van der Waals surface area contributed by atoms with Crippen molar-refractivity contribution in [3.63, 3.8) is 0 Å². The van der Waals surface area contributed by atoms with Crippen LogP contribution in [0.2, 0.25) is 0 Å². The number of carboxylic acids is 1. The molecule has 2 rings (SSSR count). The molecule has 0 amide bonds. The Morgan fingerprint density at radius 1 is 1.18 bits per heavy atom. The number of aliphatic hydroxyl groups excluding tert-OH is 1. The van der Waals surface area contributed by atoms with Gasteiger partial charge in [-0.2, -0.15) is 0 Å². The first kappa shape index (κ1) is 16.7. The molecular weight excluding hydrogens is 283 g/mol. The molecule has 0 saturated carbocycles. The fourth-order valence-corrected chi connectivity index (χ4v) is 2.20. The monoisotopic (exact) mass is 304 g/mol. The molecule has 1 fully saturated rings. The minimum Gasteiger partial charge on any atom is -0.478 e. The highest BCUT2D eigenvalue weighted by atomic mass is 16.7. The summed E-state index contributed by atoms with van der Waals surface area (Å²) in [5, 5.41) is 18.9. The van der Waals surface area contributed by atoms with Crippen molar-refractivity contribution in [3.8, 4) is 0 Å². The molecule has 1 saturated heterocycles. The minimum absolute atomic E-state index is 0.171. The van der Waals surface area contributed by atoms with E-state index in [1.165, 1.54) is 6.07 Å². The first-order valence-corrected chi connectivity index (χ1v) is 7.17. The van der Waals surface area contributed by atoms with Gasteiger partial charge in [0.25, 0.3) is 0 Å². The first-order valence-electron chi connectivity index (χ1n) is 7.17. The van der Waals surface area contributed by atoms with Crippen LogP contribution in [-0.2, 0) is 9.31 Å². The third-order valence-electron chi connectivity index (χ3n) is 4.27. The van der Waals surface area contributed by atoms with Gasteiger partial charge in [0.05, 0.1) is 23.4 Å². The van der Waals surface area contributed by atoms with Crippen LogP contribution in [0.15, 0.2) is 29.7 Å². The molecule has 0 unspecified atom stereocenters. The average molecular weight is 304 g/mol. The molecule has 6 heteroatoms. The summed E-state index contributed by atoms with van der Waals surface area (Å²) in [4.78, 5) is 11.3. The minimum atomic E-state index is -1.02. The summed E-state index contributed by atoms with van der Waals surface area (Å²) in [6.07, 6.45) is 1.62. The number of aliphatic hydroxyl groups is 1. The summed E-state index contributed by atoms with van der Waals surface area (Å²) in [5.41, 5.74) is 0.141. The molecule has 0 bridgehead atoms. The summed E-state index contributed by atoms with van der Waals surface area (Å²) in [6, 6.07) is 6.61. The van der Waals surface area contributed by atoms with Crippen molar-refractivity contribution >= 4 is 19.2 Å². The Kier molecular flexibility index (Phi) is 4.47. The lowest BCUT2D eigenvalue weighted by Gasteiger charge is -2.32.